The molecule has 0 aliphatic heterocycles. The van der Waals surface area contributed by atoms with E-state index >= 15 is 0 Å². The van der Waals surface area contributed by atoms with Gasteiger partial charge in [-0.3, -0.25) is 0 Å². The molecule has 0 aliphatic rings. The van der Waals surface area contributed by atoms with Crippen molar-refractivity contribution in [2.75, 3.05) is 20.1 Å². The van der Waals surface area contributed by atoms with E-state index in [0.717, 1.165) is 19.0 Å². The lowest BCUT2D eigenvalue weighted by atomic mass is 9.99. The van der Waals surface area contributed by atoms with E-state index in [0.29, 0.717) is 0 Å². The Hall–Kier alpha value is -0.860. The van der Waals surface area contributed by atoms with Crippen molar-refractivity contribution in [2.45, 2.75) is 40.2 Å². The number of likely N-dealkylation sites (N-methyl/N-ethyl adjacent to an activating group) is 1. The smallest absolute Gasteiger partial charge is 0.0426 e. The normalized spacial score (nSPS) is 13.3. The van der Waals surface area contributed by atoms with E-state index in [4.69, 9.17) is 5.73 Å². The Kier molecular flexibility index (Phi) is 5.83. The average Bonchev–Trinajstić information content (AvgIpc) is 2.26. The standard InChI is InChI=1S/C16H28N2/c1-12(2)8-9-18(5)11-16(17)15-7-6-13(3)10-14(15)4/h6-7,10,12,16H,8-9,11,17H2,1-5H3. The van der Waals surface area contributed by atoms with E-state index in [-0.39, 0.29) is 6.04 Å². The third-order valence-corrected chi connectivity index (χ3v) is 3.42. The summed E-state index contributed by atoms with van der Waals surface area (Å²) >= 11 is 0. The molecule has 0 saturated carbocycles. The topological polar surface area (TPSA) is 29.3 Å². The largest absolute Gasteiger partial charge is 0.323 e. The number of hydrogen-bond donors (Lipinski definition) is 1. The molecule has 1 rings (SSSR count). The van der Waals surface area contributed by atoms with Gasteiger partial charge in [-0.2, -0.15) is 0 Å². The highest BCUT2D eigenvalue weighted by Gasteiger charge is 2.11. The van der Waals surface area contributed by atoms with Gasteiger partial charge in [-0.05, 0) is 50.9 Å². The van der Waals surface area contributed by atoms with Crippen LogP contribution in [0.2, 0.25) is 0 Å². The summed E-state index contributed by atoms with van der Waals surface area (Å²) in [5.41, 5.74) is 10.2. The molecule has 0 fully saturated rings. The summed E-state index contributed by atoms with van der Waals surface area (Å²) in [6.45, 7) is 10.8. The fourth-order valence-corrected chi connectivity index (χ4v) is 2.25. The quantitative estimate of drug-likeness (QED) is 0.837. The van der Waals surface area contributed by atoms with Crippen LogP contribution in [-0.4, -0.2) is 25.0 Å². The highest BCUT2D eigenvalue weighted by atomic mass is 15.1. The van der Waals surface area contributed by atoms with Crippen molar-refractivity contribution in [3.8, 4) is 0 Å². The minimum atomic E-state index is 0.114. The van der Waals surface area contributed by atoms with Crippen LogP contribution in [0.15, 0.2) is 18.2 Å². The first-order valence-electron chi connectivity index (χ1n) is 6.91. The SMILES string of the molecule is Cc1ccc(C(N)CN(C)CCC(C)C)c(C)c1. The molecule has 18 heavy (non-hydrogen) atoms. The van der Waals surface area contributed by atoms with Crippen LogP contribution in [0.4, 0.5) is 0 Å². The molecule has 2 nitrogen and oxygen atoms in total. The first kappa shape index (κ1) is 15.2. The third-order valence-electron chi connectivity index (χ3n) is 3.42. The second kappa shape index (κ2) is 6.91. The minimum Gasteiger partial charge on any atom is -0.323 e. The van der Waals surface area contributed by atoms with Crippen molar-refractivity contribution in [3.63, 3.8) is 0 Å². The number of rotatable bonds is 6. The number of nitrogens with zero attached hydrogens (tertiary/aromatic N) is 1. The zero-order chi connectivity index (χ0) is 13.7. The zero-order valence-corrected chi connectivity index (χ0v) is 12.5. The molecule has 0 radical (unpaired) electrons. The molecule has 0 spiro atoms. The fraction of sp³-hybridized carbons (Fsp3) is 0.625. The highest BCUT2D eigenvalue weighted by Crippen LogP contribution is 2.18. The summed E-state index contributed by atoms with van der Waals surface area (Å²) < 4.78 is 0. The van der Waals surface area contributed by atoms with Gasteiger partial charge in [-0.25, -0.2) is 0 Å². The monoisotopic (exact) mass is 248 g/mol. The molecule has 2 N–H and O–H groups in total. The molecular formula is C16H28N2. The molecule has 1 aromatic carbocycles. The van der Waals surface area contributed by atoms with Crippen LogP contribution in [0, 0.1) is 19.8 Å². The first-order valence-corrected chi connectivity index (χ1v) is 6.91. The van der Waals surface area contributed by atoms with Gasteiger partial charge in [0.05, 0.1) is 0 Å². The van der Waals surface area contributed by atoms with Crippen LogP contribution in [0.25, 0.3) is 0 Å². The Labute approximate surface area is 112 Å². The zero-order valence-electron chi connectivity index (χ0n) is 12.5. The lowest BCUT2D eigenvalue weighted by Crippen LogP contribution is -2.30. The van der Waals surface area contributed by atoms with E-state index < -0.39 is 0 Å². The van der Waals surface area contributed by atoms with E-state index in [1.54, 1.807) is 0 Å². The predicted octanol–water partition coefficient (Wildman–Crippen LogP) is 3.28. The molecule has 2 heteroatoms. The van der Waals surface area contributed by atoms with Gasteiger partial charge in [0.2, 0.25) is 0 Å². The van der Waals surface area contributed by atoms with E-state index in [1.807, 2.05) is 0 Å². The van der Waals surface area contributed by atoms with Crippen LogP contribution >= 0.6 is 0 Å². The fourth-order valence-electron chi connectivity index (χ4n) is 2.25. The molecule has 1 unspecified atom stereocenters. The van der Waals surface area contributed by atoms with Crippen molar-refractivity contribution < 1.29 is 0 Å². The van der Waals surface area contributed by atoms with Crippen molar-refractivity contribution >= 4 is 0 Å². The van der Waals surface area contributed by atoms with Crippen LogP contribution < -0.4 is 5.73 Å². The summed E-state index contributed by atoms with van der Waals surface area (Å²) in [5.74, 6) is 0.754. The Balaban J connectivity index is 2.56. The molecule has 1 aromatic rings. The molecule has 0 saturated heterocycles. The highest BCUT2D eigenvalue weighted by molar-refractivity contribution is 5.32. The number of nitrogens with two attached hydrogens (primary N) is 1. The van der Waals surface area contributed by atoms with Gasteiger partial charge < -0.3 is 10.6 Å². The van der Waals surface area contributed by atoms with Gasteiger partial charge in [-0.15, -0.1) is 0 Å². The lowest BCUT2D eigenvalue weighted by Gasteiger charge is -2.23. The van der Waals surface area contributed by atoms with Crippen molar-refractivity contribution in [1.82, 2.24) is 4.90 Å². The van der Waals surface area contributed by atoms with Gasteiger partial charge in [0.25, 0.3) is 0 Å². The molecule has 0 aliphatic carbocycles. The van der Waals surface area contributed by atoms with Crippen LogP contribution in [-0.2, 0) is 0 Å². The summed E-state index contributed by atoms with van der Waals surface area (Å²) in [6.07, 6.45) is 1.23. The average molecular weight is 248 g/mol. The Bertz CT molecular complexity index is 371. The van der Waals surface area contributed by atoms with Crippen molar-refractivity contribution in [1.29, 1.82) is 0 Å². The van der Waals surface area contributed by atoms with Crippen LogP contribution in [0.5, 0.6) is 0 Å². The van der Waals surface area contributed by atoms with Gasteiger partial charge in [0.1, 0.15) is 0 Å². The van der Waals surface area contributed by atoms with Crippen LogP contribution in [0.3, 0.4) is 0 Å². The first-order chi connectivity index (χ1) is 8.40. The summed E-state index contributed by atoms with van der Waals surface area (Å²) in [6, 6.07) is 6.65. The molecule has 0 aromatic heterocycles. The van der Waals surface area contributed by atoms with Gasteiger partial charge in [0, 0.05) is 12.6 Å². The van der Waals surface area contributed by atoms with Crippen LogP contribution in [0.1, 0.15) is 43.0 Å². The van der Waals surface area contributed by atoms with Crippen molar-refractivity contribution in [3.05, 3.63) is 34.9 Å². The Morgan fingerprint density at radius 2 is 1.89 bits per heavy atom. The second-order valence-corrected chi connectivity index (χ2v) is 5.91. The molecule has 0 amide bonds. The predicted molar refractivity (Wildman–Crippen MR) is 79.8 cm³/mol. The maximum Gasteiger partial charge on any atom is 0.0426 e. The summed E-state index contributed by atoms with van der Waals surface area (Å²) in [7, 11) is 2.16. The molecule has 102 valence electrons. The van der Waals surface area contributed by atoms with Gasteiger partial charge in [0.15, 0.2) is 0 Å². The van der Waals surface area contributed by atoms with E-state index in [9.17, 15) is 0 Å². The molecular weight excluding hydrogens is 220 g/mol. The molecule has 0 bridgehead atoms. The van der Waals surface area contributed by atoms with Gasteiger partial charge in [-0.1, -0.05) is 37.6 Å². The van der Waals surface area contributed by atoms with Crippen molar-refractivity contribution in [2.24, 2.45) is 11.7 Å². The maximum atomic E-state index is 6.31. The van der Waals surface area contributed by atoms with E-state index in [2.05, 4.69) is 57.8 Å². The number of hydrogen-bond acceptors (Lipinski definition) is 2. The number of aryl methyl sites for hydroxylation is 2. The lowest BCUT2D eigenvalue weighted by molar-refractivity contribution is 0.292. The minimum absolute atomic E-state index is 0.114. The Morgan fingerprint density at radius 3 is 2.44 bits per heavy atom. The maximum absolute atomic E-state index is 6.31. The second-order valence-electron chi connectivity index (χ2n) is 5.91. The number of benzene rings is 1. The molecule has 0 heterocycles. The van der Waals surface area contributed by atoms with E-state index in [1.165, 1.54) is 23.1 Å². The summed E-state index contributed by atoms with van der Waals surface area (Å²) in [4.78, 5) is 2.34. The third kappa shape index (κ3) is 4.79. The summed E-state index contributed by atoms with van der Waals surface area (Å²) in [5, 5.41) is 0. The van der Waals surface area contributed by atoms with Gasteiger partial charge >= 0.3 is 0 Å². The Morgan fingerprint density at radius 1 is 1.22 bits per heavy atom. The molecule has 1 atom stereocenters.